The van der Waals surface area contributed by atoms with Gasteiger partial charge in [0.25, 0.3) is 0 Å². The third-order valence-electron chi connectivity index (χ3n) is 6.91. The Kier molecular flexibility index (Phi) is 6.01. The van der Waals surface area contributed by atoms with Gasteiger partial charge in [0, 0.05) is 49.6 Å². The zero-order valence-electron chi connectivity index (χ0n) is 16.9. The zero-order valence-corrected chi connectivity index (χ0v) is 17.7. The van der Waals surface area contributed by atoms with E-state index in [1.165, 1.54) is 37.1 Å². The SMILES string of the molecule is CC1CN2CCCC2CN1C(=O)CC1(CC(=O)Nc2nccs2)CCCCC1. The topological polar surface area (TPSA) is 65.5 Å². The van der Waals surface area contributed by atoms with E-state index in [4.69, 9.17) is 0 Å². The molecule has 0 spiro atoms. The van der Waals surface area contributed by atoms with Crippen LogP contribution in [0, 0.1) is 5.41 Å². The number of carbonyl (C=O) groups is 2. The molecule has 0 radical (unpaired) electrons. The van der Waals surface area contributed by atoms with Gasteiger partial charge >= 0.3 is 0 Å². The first-order valence-corrected chi connectivity index (χ1v) is 11.7. The summed E-state index contributed by atoms with van der Waals surface area (Å²) in [7, 11) is 0. The molecule has 0 bridgehead atoms. The highest BCUT2D eigenvalue weighted by atomic mass is 32.1. The summed E-state index contributed by atoms with van der Waals surface area (Å²) in [5, 5.41) is 5.43. The highest BCUT2D eigenvalue weighted by molar-refractivity contribution is 7.13. The largest absolute Gasteiger partial charge is 0.337 e. The highest BCUT2D eigenvalue weighted by Crippen LogP contribution is 2.43. The fourth-order valence-corrected chi connectivity index (χ4v) is 6.01. The number of nitrogens with one attached hydrogen (secondary N) is 1. The van der Waals surface area contributed by atoms with E-state index in [1.807, 2.05) is 5.38 Å². The number of amides is 2. The molecule has 2 amide bonds. The predicted octanol–water partition coefficient (Wildman–Crippen LogP) is 3.51. The summed E-state index contributed by atoms with van der Waals surface area (Å²) >= 11 is 1.44. The maximum absolute atomic E-state index is 13.3. The number of fused-ring (bicyclic) bond motifs is 1. The lowest BCUT2D eigenvalue weighted by molar-refractivity contribution is -0.140. The number of carbonyl (C=O) groups excluding carboxylic acids is 2. The Morgan fingerprint density at radius 3 is 2.79 bits per heavy atom. The van der Waals surface area contributed by atoms with Crippen molar-refractivity contribution in [3.63, 3.8) is 0 Å². The fraction of sp³-hybridized carbons (Fsp3) is 0.762. The van der Waals surface area contributed by atoms with E-state index in [9.17, 15) is 9.59 Å². The summed E-state index contributed by atoms with van der Waals surface area (Å²) in [4.78, 5) is 34.8. The first kappa shape index (κ1) is 19.8. The first-order chi connectivity index (χ1) is 13.5. The minimum atomic E-state index is -0.191. The van der Waals surface area contributed by atoms with E-state index in [0.29, 0.717) is 24.0 Å². The maximum atomic E-state index is 13.3. The number of hydrogen-bond acceptors (Lipinski definition) is 5. The van der Waals surface area contributed by atoms with Crippen molar-refractivity contribution in [2.24, 2.45) is 5.41 Å². The molecule has 2 atom stereocenters. The van der Waals surface area contributed by atoms with Crippen LogP contribution in [0.5, 0.6) is 0 Å². The van der Waals surface area contributed by atoms with Crippen molar-refractivity contribution in [3.8, 4) is 0 Å². The average molecular weight is 405 g/mol. The summed E-state index contributed by atoms with van der Waals surface area (Å²) in [6, 6.07) is 0.808. The van der Waals surface area contributed by atoms with Gasteiger partial charge in [-0.2, -0.15) is 0 Å². The smallest absolute Gasteiger partial charge is 0.226 e. The lowest BCUT2D eigenvalue weighted by atomic mass is 9.69. The second-order valence-electron chi connectivity index (χ2n) is 8.99. The minimum Gasteiger partial charge on any atom is -0.337 e. The maximum Gasteiger partial charge on any atom is 0.226 e. The molecule has 28 heavy (non-hydrogen) atoms. The fourth-order valence-electron chi connectivity index (χ4n) is 5.46. The molecule has 6 nitrogen and oxygen atoms in total. The molecule has 4 rings (SSSR count). The second kappa shape index (κ2) is 8.49. The van der Waals surface area contributed by atoms with Crippen LogP contribution in [0.4, 0.5) is 5.13 Å². The standard InChI is InChI=1S/C21H32N4O2S/c1-16-14-24-10-5-6-17(24)15-25(16)19(27)13-21(7-3-2-4-8-21)12-18(26)23-20-22-9-11-28-20/h9,11,16-17H,2-8,10,12-15H2,1H3,(H,22,23,26). The Morgan fingerprint density at radius 1 is 1.21 bits per heavy atom. The molecule has 1 aromatic heterocycles. The van der Waals surface area contributed by atoms with E-state index < -0.39 is 0 Å². The molecule has 3 fully saturated rings. The molecule has 2 aliphatic heterocycles. The Hall–Kier alpha value is -1.47. The van der Waals surface area contributed by atoms with Gasteiger partial charge in [-0.25, -0.2) is 4.98 Å². The van der Waals surface area contributed by atoms with Crippen LogP contribution in [0.3, 0.4) is 0 Å². The van der Waals surface area contributed by atoms with Crippen molar-refractivity contribution in [1.82, 2.24) is 14.8 Å². The van der Waals surface area contributed by atoms with E-state index in [1.54, 1.807) is 6.20 Å². The molecule has 1 aliphatic carbocycles. The van der Waals surface area contributed by atoms with E-state index in [0.717, 1.165) is 38.8 Å². The van der Waals surface area contributed by atoms with Gasteiger partial charge in [0.1, 0.15) is 0 Å². The molecule has 3 heterocycles. The van der Waals surface area contributed by atoms with Gasteiger partial charge < -0.3 is 10.2 Å². The summed E-state index contributed by atoms with van der Waals surface area (Å²) in [5.74, 6) is 0.251. The van der Waals surface area contributed by atoms with Gasteiger partial charge in [-0.1, -0.05) is 19.3 Å². The number of thiazole rings is 1. The van der Waals surface area contributed by atoms with E-state index >= 15 is 0 Å². The summed E-state index contributed by atoms with van der Waals surface area (Å²) < 4.78 is 0. The predicted molar refractivity (Wildman–Crippen MR) is 111 cm³/mol. The molecule has 0 aromatic carbocycles. The molecule has 3 aliphatic rings. The minimum absolute atomic E-state index is 0.00156. The van der Waals surface area contributed by atoms with Crippen molar-refractivity contribution in [3.05, 3.63) is 11.6 Å². The lowest BCUT2D eigenvalue weighted by Gasteiger charge is -2.44. The molecule has 154 valence electrons. The molecule has 1 aromatic rings. The van der Waals surface area contributed by atoms with Crippen LogP contribution in [0.2, 0.25) is 0 Å². The van der Waals surface area contributed by atoms with Gasteiger partial charge in [-0.15, -0.1) is 11.3 Å². The van der Waals surface area contributed by atoms with Crippen LogP contribution in [0.15, 0.2) is 11.6 Å². The number of anilines is 1. The highest BCUT2D eigenvalue weighted by Gasteiger charge is 2.41. The molecule has 2 unspecified atom stereocenters. The number of hydrogen-bond donors (Lipinski definition) is 1. The Morgan fingerprint density at radius 2 is 2.04 bits per heavy atom. The van der Waals surface area contributed by atoms with Crippen molar-refractivity contribution < 1.29 is 9.59 Å². The second-order valence-corrected chi connectivity index (χ2v) is 9.88. The van der Waals surface area contributed by atoms with Crippen LogP contribution < -0.4 is 5.32 Å². The Bertz CT molecular complexity index is 687. The third-order valence-corrected chi connectivity index (χ3v) is 7.60. The van der Waals surface area contributed by atoms with E-state index in [2.05, 4.69) is 27.0 Å². The van der Waals surface area contributed by atoms with Crippen LogP contribution >= 0.6 is 11.3 Å². The number of piperazine rings is 1. The number of nitrogens with zero attached hydrogens (tertiary/aromatic N) is 3. The molecular weight excluding hydrogens is 372 g/mol. The molecule has 1 saturated carbocycles. The molecule has 1 N–H and O–H groups in total. The van der Waals surface area contributed by atoms with Crippen LogP contribution in [0.1, 0.15) is 64.7 Å². The summed E-state index contributed by atoms with van der Waals surface area (Å²) in [5.41, 5.74) is -0.191. The summed E-state index contributed by atoms with van der Waals surface area (Å²) in [6.45, 7) is 5.21. The average Bonchev–Trinajstić information content (AvgIpc) is 3.32. The van der Waals surface area contributed by atoms with Crippen LogP contribution in [-0.2, 0) is 9.59 Å². The molecular formula is C21H32N4O2S. The van der Waals surface area contributed by atoms with Gasteiger partial charge in [-0.05, 0) is 44.6 Å². The van der Waals surface area contributed by atoms with Crippen molar-refractivity contribution in [2.45, 2.75) is 76.8 Å². The monoisotopic (exact) mass is 404 g/mol. The zero-order chi connectivity index (χ0) is 19.6. The normalized spacial score (nSPS) is 27.4. The number of aromatic nitrogens is 1. The van der Waals surface area contributed by atoms with Gasteiger partial charge in [0.05, 0.1) is 0 Å². The van der Waals surface area contributed by atoms with Crippen molar-refractivity contribution in [1.29, 1.82) is 0 Å². The summed E-state index contributed by atoms with van der Waals surface area (Å²) in [6.07, 6.45) is 10.5. The van der Waals surface area contributed by atoms with E-state index in [-0.39, 0.29) is 23.3 Å². The van der Waals surface area contributed by atoms with Gasteiger partial charge in [-0.3, -0.25) is 14.5 Å². The molecule has 2 saturated heterocycles. The van der Waals surface area contributed by atoms with Gasteiger partial charge in [0.2, 0.25) is 11.8 Å². The van der Waals surface area contributed by atoms with Crippen LogP contribution in [-0.4, -0.2) is 58.3 Å². The third kappa shape index (κ3) is 4.40. The Labute approximate surface area is 171 Å². The number of rotatable bonds is 5. The quantitative estimate of drug-likeness (QED) is 0.816. The van der Waals surface area contributed by atoms with Crippen LogP contribution in [0.25, 0.3) is 0 Å². The molecule has 7 heteroatoms. The van der Waals surface area contributed by atoms with Crippen molar-refractivity contribution >= 4 is 28.3 Å². The Balaban J connectivity index is 1.42. The first-order valence-electron chi connectivity index (χ1n) is 10.8. The van der Waals surface area contributed by atoms with Crippen molar-refractivity contribution in [2.75, 3.05) is 25.0 Å². The lowest BCUT2D eigenvalue weighted by Crippen LogP contribution is -2.57. The van der Waals surface area contributed by atoms with Gasteiger partial charge in [0.15, 0.2) is 5.13 Å².